The third kappa shape index (κ3) is 3.61. The molecule has 0 bridgehead atoms. The van der Waals surface area contributed by atoms with Gasteiger partial charge in [-0.05, 0) is 31.2 Å². The van der Waals surface area contributed by atoms with Gasteiger partial charge in [-0.1, -0.05) is 0 Å². The topological polar surface area (TPSA) is 80.6 Å². The quantitative estimate of drug-likeness (QED) is 0.844. The van der Waals surface area contributed by atoms with E-state index in [-0.39, 0.29) is 24.1 Å². The number of benzene rings is 1. The lowest BCUT2D eigenvalue weighted by atomic mass is 10.1. The van der Waals surface area contributed by atoms with E-state index in [9.17, 15) is 9.59 Å². The van der Waals surface area contributed by atoms with Crippen LogP contribution in [0.25, 0.3) is 10.9 Å². The second-order valence-electron chi connectivity index (χ2n) is 4.95. The number of carbonyl (C=O) groups is 2. The van der Waals surface area contributed by atoms with E-state index in [0.29, 0.717) is 6.61 Å². The highest BCUT2D eigenvalue weighted by atomic mass is 16.5. The SMILES string of the molecule is COCC(C)NC(=O)Cn1ccc2cc(C(=O)O)ccc21. The van der Waals surface area contributed by atoms with Gasteiger partial charge in [0.05, 0.1) is 12.2 Å². The average molecular weight is 290 g/mol. The van der Waals surface area contributed by atoms with Crippen molar-refractivity contribution in [1.82, 2.24) is 9.88 Å². The number of nitrogens with zero attached hydrogens (tertiary/aromatic N) is 1. The van der Waals surface area contributed by atoms with E-state index in [4.69, 9.17) is 9.84 Å². The number of hydrogen-bond acceptors (Lipinski definition) is 3. The summed E-state index contributed by atoms with van der Waals surface area (Å²) in [5.74, 6) is -1.07. The van der Waals surface area contributed by atoms with E-state index in [2.05, 4.69) is 5.32 Å². The molecule has 0 aliphatic heterocycles. The van der Waals surface area contributed by atoms with Crippen molar-refractivity contribution in [2.24, 2.45) is 0 Å². The molecule has 1 atom stereocenters. The molecule has 0 spiro atoms. The lowest BCUT2D eigenvalue weighted by Gasteiger charge is -2.13. The van der Waals surface area contributed by atoms with Crippen LogP contribution >= 0.6 is 0 Å². The van der Waals surface area contributed by atoms with Gasteiger partial charge in [0.25, 0.3) is 0 Å². The van der Waals surface area contributed by atoms with Crippen LogP contribution in [0.1, 0.15) is 17.3 Å². The second-order valence-corrected chi connectivity index (χ2v) is 4.95. The molecule has 0 aliphatic carbocycles. The number of aromatic carboxylic acids is 1. The van der Waals surface area contributed by atoms with Crippen molar-refractivity contribution in [2.45, 2.75) is 19.5 Å². The third-order valence-corrected chi connectivity index (χ3v) is 3.16. The van der Waals surface area contributed by atoms with E-state index < -0.39 is 5.97 Å². The molecule has 2 rings (SSSR count). The first-order chi connectivity index (χ1) is 10.0. The minimum Gasteiger partial charge on any atom is -0.478 e. The monoisotopic (exact) mass is 290 g/mol. The molecular weight excluding hydrogens is 272 g/mol. The predicted octanol–water partition coefficient (Wildman–Crippen LogP) is 1.49. The normalized spacial score (nSPS) is 12.3. The molecular formula is C15H18N2O4. The summed E-state index contributed by atoms with van der Waals surface area (Å²) in [4.78, 5) is 22.9. The number of amides is 1. The second kappa shape index (κ2) is 6.41. The molecule has 1 aromatic carbocycles. The van der Waals surface area contributed by atoms with Gasteiger partial charge in [-0.2, -0.15) is 0 Å². The summed E-state index contributed by atoms with van der Waals surface area (Å²) in [6.45, 7) is 2.51. The maximum atomic E-state index is 11.9. The number of hydrogen-bond donors (Lipinski definition) is 2. The number of methoxy groups -OCH3 is 1. The van der Waals surface area contributed by atoms with E-state index >= 15 is 0 Å². The van der Waals surface area contributed by atoms with Gasteiger partial charge in [-0.25, -0.2) is 4.79 Å². The Morgan fingerprint density at radius 1 is 1.38 bits per heavy atom. The number of fused-ring (bicyclic) bond motifs is 1. The fraction of sp³-hybridized carbons (Fsp3) is 0.333. The molecule has 0 saturated carbocycles. The Hall–Kier alpha value is -2.34. The van der Waals surface area contributed by atoms with Crippen LogP contribution in [0.4, 0.5) is 0 Å². The smallest absolute Gasteiger partial charge is 0.335 e. The number of rotatable bonds is 6. The number of carboxylic acid groups (broad SMARTS) is 1. The molecule has 0 radical (unpaired) electrons. The highest BCUT2D eigenvalue weighted by Crippen LogP contribution is 2.17. The zero-order valence-corrected chi connectivity index (χ0v) is 12.0. The number of ether oxygens (including phenoxy) is 1. The largest absolute Gasteiger partial charge is 0.478 e. The van der Waals surface area contributed by atoms with Crippen molar-refractivity contribution in [1.29, 1.82) is 0 Å². The summed E-state index contributed by atoms with van der Waals surface area (Å²) in [7, 11) is 1.59. The Kier molecular flexibility index (Phi) is 4.59. The molecule has 0 saturated heterocycles. The van der Waals surface area contributed by atoms with Crippen LogP contribution < -0.4 is 5.32 Å². The first-order valence-corrected chi connectivity index (χ1v) is 6.61. The van der Waals surface area contributed by atoms with Gasteiger partial charge >= 0.3 is 5.97 Å². The number of carbonyl (C=O) groups excluding carboxylic acids is 1. The van der Waals surface area contributed by atoms with Crippen molar-refractivity contribution in [3.8, 4) is 0 Å². The zero-order chi connectivity index (χ0) is 15.4. The van der Waals surface area contributed by atoms with Gasteiger partial charge in [-0.15, -0.1) is 0 Å². The third-order valence-electron chi connectivity index (χ3n) is 3.16. The van der Waals surface area contributed by atoms with Crippen LogP contribution in [-0.2, 0) is 16.1 Å². The van der Waals surface area contributed by atoms with Crippen molar-refractivity contribution >= 4 is 22.8 Å². The number of nitrogens with one attached hydrogen (secondary N) is 1. The molecule has 6 nitrogen and oxygen atoms in total. The van der Waals surface area contributed by atoms with Crippen LogP contribution in [0.3, 0.4) is 0 Å². The Morgan fingerprint density at radius 3 is 2.81 bits per heavy atom. The van der Waals surface area contributed by atoms with Gasteiger partial charge in [0.15, 0.2) is 0 Å². The molecule has 21 heavy (non-hydrogen) atoms. The lowest BCUT2D eigenvalue weighted by molar-refractivity contribution is -0.122. The summed E-state index contributed by atoms with van der Waals surface area (Å²) >= 11 is 0. The van der Waals surface area contributed by atoms with Crippen molar-refractivity contribution in [3.05, 3.63) is 36.0 Å². The van der Waals surface area contributed by atoms with Crippen molar-refractivity contribution in [2.75, 3.05) is 13.7 Å². The number of aromatic nitrogens is 1. The van der Waals surface area contributed by atoms with Crippen LogP contribution in [-0.4, -0.2) is 41.3 Å². The summed E-state index contributed by atoms with van der Waals surface area (Å²) in [6.07, 6.45) is 1.77. The highest BCUT2D eigenvalue weighted by Gasteiger charge is 2.11. The maximum Gasteiger partial charge on any atom is 0.335 e. The lowest BCUT2D eigenvalue weighted by Crippen LogP contribution is -2.37. The first kappa shape index (κ1) is 15.1. The molecule has 6 heteroatoms. The van der Waals surface area contributed by atoms with E-state index in [1.165, 1.54) is 6.07 Å². The average Bonchev–Trinajstić information content (AvgIpc) is 2.81. The Morgan fingerprint density at radius 2 is 2.14 bits per heavy atom. The van der Waals surface area contributed by atoms with Gasteiger partial charge in [0, 0.05) is 30.3 Å². The molecule has 0 aliphatic rings. The van der Waals surface area contributed by atoms with E-state index in [0.717, 1.165) is 10.9 Å². The summed E-state index contributed by atoms with van der Waals surface area (Å²) in [6, 6.07) is 6.59. The van der Waals surface area contributed by atoms with E-state index in [1.807, 2.05) is 6.92 Å². The summed E-state index contributed by atoms with van der Waals surface area (Å²) in [5.41, 5.74) is 1.06. The van der Waals surface area contributed by atoms with Crippen LogP contribution in [0.2, 0.25) is 0 Å². The molecule has 2 aromatic rings. The number of carboxylic acids is 1. The summed E-state index contributed by atoms with van der Waals surface area (Å²) < 4.78 is 6.76. The Balaban J connectivity index is 2.12. The molecule has 112 valence electrons. The fourth-order valence-electron chi connectivity index (χ4n) is 2.24. The molecule has 1 aromatic heterocycles. The van der Waals surface area contributed by atoms with Gasteiger partial charge in [-0.3, -0.25) is 4.79 Å². The Labute approximate surface area is 122 Å². The van der Waals surface area contributed by atoms with Gasteiger partial charge in [0.1, 0.15) is 6.54 Å². The molecule has 0 fully saturated rings. The Bertz CT molecular complexity index is 663. The fourth-order valence-corrected chi connectivity index (χ4v) is 2.24. The van der Waals surface area contributed by atoms with Crippen LogP contribution in [0.5, 0.6) is 0 Å². The molecule has 1 heterocycles. The summed E-state index contributed by atoms with van der Waals surface area (Å²) in [5, 5.41) is 12.6. The first-order valence-electron chi connectivity index (χ1n) is 6.61. The van der Waals surface area contributed by atoms with Crippen LogP contribution in [0.15, 0.2) is 30.5 Å². The molecule has 1 amide bonds. The standard InChI is InChI=1S/C15H18N2O4/c1-10(9-21-2)16-14(18)8-17-6-5-11-7-12(15(19)20)3-4-13(11)17/h3-7,10H,8-9H2,1-2H3,(H,16,18)(H,19,20). The predicted molar refractivity (Wildman–Crippen MR) is 78.4 cm³/mol. The molecule has 2 N–H and O–H groups in total. The van der Waals surface area contributed by atoms with Crippen LogP contribution in [0, 0.1) is 0 Å². The minimum atomic E-state index is -0.962. The van der Waals surface area contributed by atoms with Gasteiger partial charge in [0.2, 0.25) is 5.91 Å². The highest BCUT2D eigenvalue weighted by molar-refractivity contribution is 5.94. The minimum absolute atomic E-state index is 0.0528. The van der Waals surface area contributed by atoms with E-state index in [1.54, 1.807) is 36.1 Å². The molecule has 1 unspecified atom stereocenters. The van der Waals surface area contributed by atoms with Crippen molar-refractivity contribution in [3.63, 3.8) is 0 Å². The van der Waals surface area contributed by atoms with Crippen molar-refractivity contribution < 1.29 is 19.4 Å². The maximum absolute atomic E-state index is 11.9. The van der Waals surface area contributed by atoms with Gasteiger partial charge < -0.3 is 19.7 Å². The zero-order valence-electron chi connectivity index (χ0n) is 12.0.